The lowest BCUT2D eigenvalue weighted by molar-refractivity contribution is 0.0505. The summed E-state index contributed by atoms with van der Waals surface area (Å²) < 4.78 is 23.4. The van der Waals surface area contributed by atoms with Crippen molar-refractivity contribution in [1.82, 2.24) is 15.2 Å². The van der Waals surface area contributed by atoms with Crippen molar-refractivity contribution >= 4 is 28.8 Å². The highest BCUT2D eigenvalue weighted by molar-refractivity contribution is 6.30. The fourth-order valence-electron chi connectivity index (χ4n) is 4.56. The Bertz CT molecular complexity index is 1450. The Morgan fingerprint density at radius 1 is 1.07 bits per heavy atom. The summed E-state index contributed by atoms with van der Waals surface area (Å²) in [7, 11) is 0. The number of aromatic nitrogens is 1. The number of fused-ring (bicyclic) bond motifs is 1. The number of oxazole rings is 1. The van der Waals surface area contributed by atoms with E-state index in [4.69, 9.17) is 30.2 Å². The highest BCUT2D eigenvalue weighted by Gasteiger charge is 2.25. The molecule has 0 spiro atoms. The van der Waals surface area contributed by atoms with Gasteiger partial charge in [0.15, 0.2) is 5.58 Å². The molecule has 0 aliphatic carbocycles. The van der Waals surface area contributed by atoms with Crippen molar-refractivity contribution in [3.8, 4) is 28.7 Å². The number of hydrogen-bond donors (Lipinski definition) is 1. The molecule has 9 heteroatoms. The largest absolute Gasteiger partial charge is 0.494 e. The van der Waals surface area contributed by atoms with Gasteiger partial charge in [-0.05, 0) is 88.2 Å². The lowest BCUT2D eigenvalue weighted by Crippen LogP contribution is -2.40. The Morgan fingerprint density at radius 3 is 2.67 bits per heavy atom. The zero-order valence-corrected chi connectivity index (χ0v) is 23.7. The van der Waals surface area contributed by atoms with Crippen LogP contribution in [0.15, 0.2) is 71.1 Å². The molecule has 0 unspecified atom stereocenters. The van der Waals surface area contributed by atoms with E-state index in [9.17, 15) is 4.79 Å². The SMILES string of the molecule is CC(C)(C)OC(=O)N[C@H]1CCN(CCCOc2cccc(-c3nc4ccc(Oc5ccc(Cl)cc5)cc4o3)c2)C1. The number of carbonyl (C=O) groups is 1. The topological polar surface area (TPSA) is 86.1 Å². The predicted molar refractivity (Wildman–Crippen MR) is 155 cm³/mol. The molecule has 1 N–H and O–H groups in total. The van der Waals surface area contributed by atoms with E-state index in [0.29, 0.717) is 34.6 Å². The lowest BCUT2D eigenvalue weighted by Gasteiger charge is -2.22. The number of nitrogens with one attached hydrogen (secondary N) is 1. The fourth-order valence-corrected chi connectivity index (χ4v) is 4.68. The molecule has 5 rings (SSSR count). The third kappa shape index (κ3) is 7.67. The van der Waals surface area contributed by atoms with Gasteiger partial charge in [0, 0.05) is 42.3 Å². The van der Waals surface area contributed by atoms with Crippen molar-refractivity contribution in [2.24, 2.45) is 0 Å². The second-order valence-electron chi connectivity index (χ2n) is 10.9. The van der Waals surface area contributed by atoms with Gasteiger partial charge < -0.3 is 28.8 Å². The Kier molecular flexibility index (Phi) is 8.47. The number of alkyl carbamates (subject to hydrolysis) is 1. The van der Waals surface area contributed by atoms with Gasteiger partial charge in [-0.3, -0.25) is 0 Å². The van der Waals surface area contributed by atoms with Gasteiger partial charge >= 0.3 is 6.09 Å². The van der Waals surface area contributed by atoms with Crippen LogP contribution in [0.3, 0.4) is 0 Å². The molecule has 1 saturated heterocycles. The lowest BCUT2D eigenvalue weighted by atomic mass is 10.2. The van der Waals surface area contributed by atoms with E-state index in [2.05, 4.69) is 15.2 Å². The van der Waals surface area contributed by atoms with Crippen molar-refractivity contribution in [3.05, 3.63) is 71.8 Å². The van der Waals surface area contributed by atoms with Gasteiger partial charge in [0.1, 0.15) is 28.4 Å². The quantitative estimate of drug-likeness (QED) is 0.214. The van der Waals surface area contributed by atoms with E-state index in [1.807, 2.05) is 75.4 Å². The molecule has 8 nitrogen and oxygen atoms in total. The first-order valence-corrected chi connectivity index (χ1v) is 13.9. The first kappa shape index (κ1) is 27.8. The monoisotopic (exact) mass is 563 g/mol. The standard InChI is InChI=1S/C31H34ClN3O5/c1-31(2,3)40-30(36)33-23-14-16-35(20-23)15-5-17-37-25-7-4-6-21(18-25)29-34-27-13-12-26(19-28(27)39-29)38-24-10-8-22(32)9-11-24/h4,6-13,18-19,23H,5,14-17,20H2,1-3H3,(H,33,36)/t23-/m0/s1. The number of ether oxygens (including phenoxy) is 3. The van der Waals surface area contributed by atoms with E-state index >= 15 is 0 Å². The van der Waals surface area contributed by atoms with Gasteiger partial charge in [0.05, 0.1) is 6.61 Å². The Hall–Kier alpha value is -3.75. The summed E-state index contributed by atoms with van der Waals surface area (Å²) in [6.07, 6.45) is 1.44. The molecule has 1 aromatic heterocycles. The van der Waals surface area contributed by atoms with Crippen molar-refractivity contribution in [2.45, 2.75) is 45.3 Å². The molecule has 40 heavy (non-hydrogen) atoms. The van der Waals surface area contributed by atoms with Gasteiger partial charge in [-0.15, -0.1) is 0 Å². The average Bonchev–Trinajstić information content (AvgIpc) is 3.53. The summed E-state index contributed by atoms with van der Waals surface area (Å²) in [5, 5.41) is 3.62. The Labute approximate surface area is 239 Å². The molecule has 1 atom stereocenters. The zero-order valence-electron chi connectivity index (χ0n) is 23.0. The van der Waals surface area contributed by atoms with Crippen molar-refractivity contribution in [3.63, 3.8) is 0 Å². The van der Waals surface area contributed by atoms with E-state index in [-0.39, 0.29) is 12.1 Å². The van der Waals surface area contributed by atoms with Gasteiger partial charge in [-0.2, -0.15) is 0 Å². The minimum absolute atomic E-state index is 0.115. The summed E-state index contributed by atoms with van der Waals surface area (Å²) in [5.74, 6) is 2.62. The second-order valence-corrected chi connectivity index (χ2v) is 11.3. The summed E-state index contributed by atoms with van der Waals surface area (Å²) in [6, 6.07) is 20.6. The van der Waals surface area contributed by atoms with E-state index < -0.39 is 5.60 Å². The molecule has 3 aromatic carbocycles. The van der Waals surface area contributed by atoms with Gasteiger partial charge in [0.2, 0.25) is 5.89 Å². The average molecular weight is 564 g/mol. The van der Waals surface area contributed by atoms with E-state index in [0.717, 1.165) is 49.3 Å². The van der Waals surface area contributed by atoms with Gasteiger partial charge in [-0.1, -0.05) is 17.7 Å². The Balaban J connectivity index is 1.11. The summed E-state index contributed by atoms with van der Waals surface area (Å²) in [5.41, 5.74) is 1.73. The van der Waals surface area contributed by atoms with Crippen LogP contribution in [-0.2, 0) is 4.74 Å². The zero-order chi connectivity index (χ0) is 28.1. The van der Waals surface area contributed by atoms with Gasteiger partial charge in [-0.25, -0.2) is 9.78 Å². The summed E-state index contributed by atoms with van der Waals surface area (Å²) >= 11 is 5.96. The van der Waals surface area contributed by atoms with Crippen LogP contribution in [0.25, 0.3) is 22.6 Å². The van der Waals surface area contributed by atoms with Crippen LogP contribution in [0, 0.1) is 0 Å². The van der Waals surface area contributed by atoms with Crippen LogP contribution in [0.4, 0.5) is 4.79 Å². The van der Waals surface area contributed by atoms with Crippen LogP contribution in [0.5, 0.6) is 17.2 Å². The smallest absolute Gasteiger partial charge is 0.407 e. The van der Waals surface area contributed by atoms with Crippen LogP contribution in [0.2, 0.25) is 5.02 Å². The predicted octanol–water partition coefficient (Wildman–Crippen LogP) is 7.31. The van der Waals surface area contributed by atoms with E-state index in [1.165, 1.54) is 0 Å². The molecule has 210 valence electrons. The number of nitrogens with zero attached hydrogens (tertiary/aromatic N) is 2. The Morgan fingerprint density at radius 2 is 1.88 bits per heavy atom. The summed E-state index contributed by atoms with van der Waals surface area (Å²) in [6.45, 7) is 8.85. The number of carbonyl (C=O) groups excluding carboxylic acids is 1. The number of likely N-dealkylation sites (tertiary alicyclic amines) is 1. The third-order valence-electron chi connectivity index (χ3n) is 6.37. The van der Waals surface area contributed by atoms with Crippen molar-refractivity contribution in [2.75, 3.05) is 26.2 Å². The first-order chi connectivity index (χ1) is 19.2. The van der Waals surface area contributed by atoms with Crippen LogP contribution in [-0.4, -0.2) is 53.9 Å². The number of hydrogen-bond acceptors (Lipinski definition) is 7. The number of benzene rings is 3. The molecule has 1 amide bonds. The second kappa shape index (κ2) is 12.2. The minimum Gasteiger partial charge on any atom is -0.494 e. The minimum atomic E-state index is -0.492. The molecule has 1 aliphatic heterocycles. The molecule has 4 aromatic rings. The number of rotatable bonds is 9. The van der Waals surface area contributed by atoms with Crippen LogP contribution in [0.1, 0.15) is 33.6 Å². The molecule has 0 bridgehead atoms. The fraction of sp³-hybridized carbons (Fsp3) is 0.355. The van der Waals surface area contributed by atoms with Crippen molar-refractivity contribution < 1.29 is 23.4 Å². The third-order valence-corrected chi connectivity index (χ3v) is 6.62. The normalized spacial score (nSPS) is 15.8. The van der Waals surface area contributed by atoms with E-state index in [1.54, 1.807) is 12.1 Å². The maximum Gasteiger partial charge on any atom is 0.407 e. The van der Waals surface area contributed by atoms with Crippen LogP contribution >= 0.6 is 11.6 Å². The maximum atomic E-state index is 12.0. The van der Waals surface area contributed by atoms with Gasteiger partial charge in [0.25, 0.3) is 0 Å². The molecule has 1 fully saturated rings. The highest BCUT2D eigenvalue weighted by Crippen LogP contribution is 2.31. The molecule has 0 radical (unpaired) electrons. The summed E-state index contributed by atoms with van der Waals surface area (Å²) in [4.78, 5) is 19.0. The molecule has 1 aliphatic rings. The molecule has 0 saturated carbocycles. The number of amides is 1. The first-order valence-electron chi connectivity index (χ1n) is 13.5. The van der Waals surface area contributed by atoms with Crippen molar-refractivity contribution in [1.29, 1.82) is 0 Å². The van der Waals surface area contributed by atoms with Crippen LogP contribution < -0.4 is 14.8 Å². The molecular weight excluding hydrogens is 530 g/mol. The maximum absolute atomic E-state index is 12.0. The molecule has 2 heterocycles. The molecular formula is C31H34ClN3O5. The highest BCUT2D eigenvalue weighted by atomic mass is 35.5. The number of halogens is 1.